The summed E-state index contributed by atoms with van der Waals surface area (Å²) in [7, 11) is 0. The standard InChI is InChI=1S/C44H86O8/c1-3-5-7-9-11-17-23-29-41(31-25-19-13-15-21-27-33-49-35-37-51-39-43(45)46)42(30-24-18-12-10-8-6-4-2)32-26-20-14-16-22-28-34-50-36-38-52-40-44(47)48/h41-42H,3-40H2,1-2H3,(H,45,46)(H,47,48). The van der Waals surface area contributed by atoms with Crippen LogP contribution < -0.4 is 0 Å². The SMILES string of the molecule is CCCCCCCCCC(CCCCCCCCOCCOCC(=O)O)C(CCCCCCCCC)CCCCCCCCOCCOCC(=O)O. The van der Waals surface area contributed by atoms with Crippen LogP contribution in [0.3, 0.4) is 0 Å². The molecule has 2 atom stereocenters. The predicted molar refractivity (Wildman–Crippen MR) is 215 cm³/mol. The van der Waals surface area contributed by atoms with Crippen LogP contribution in [0.5, 0.6) is 0 Å². The fraction of sp³-hybridized carbons (Fsp3) is 0.955. The molecule has 0 bridgehead atoms. The van der Waals surface area contributed by atoms with Gasteiger partial charge in [0.1, 0.15) is 13.2 Å². The van der Waals surface area contributed by atoms with Gasteiger partial charge in [0.2, 0.25) is 0 Å². The van der Waals surface area contributed by atoms with Crippen LogP contribution >= 0.6 is 0 Å². The zero-order chi connectivity index (χ0) is 38.0. The molecule has 2 N–H and O–H groups in total. The van der Waals surface area contributed by atoms with Gasteiger partial charge in [-0.1, -0.05) is 194 Å². The van der Waals surface area contributed by atoms with Crippen LogP contribution in [0.2, 0.25) is 0 Å². The van der Waals surface area contributed by atoms with Gasteiger partial charge in [0.05, 0.1) is 26.4 Å². The summed E-state index contributed by atoms with van der Waals surface area (Å²) in [5.41, 5.74) is 0. The van der Waals surface area contributed by atoms with Gasteiger partial charge in [0.15, 0.2) is 0 Å². The van der Waals surface area contributed by atoms with Crippen LogP contribution in [-0.4, -0.2) is 75.0 Å². The van der Waals surface area contributed by atoms with Gasteiger partial charge < -0.3 is 29.2 Å². The number of rotatable bonds is 45. The lowest BCUT2D eigenvalue weighted by Crippen LogP contribution is -2.16. The van der Waals surface area contributed by atoms with Crippen molar-refractivity contribution in [2.45, 2.75) is 206 Å². The fourth-order valence-corrected chi connectivity index (χ4v) is 7.35. The molecule has 0 spiro atoms. The van der Waals surface area contributed by atoms with Crippen molar-refractivity contribution in [2.24, 2.45) is 11.8 Å². The fourth-order valence-electron chi connectivity index (χ4n) is 7.35. The summed E-state index contributed by atoms with van der Waals surface area (Å²) in [5.74, 6) is -0.0836. The van der Waals surface area contributed by atoms with E-state index in [1.807, 2.05) is 0 Å². The van der Waals surface area contributed by atoms with Gasteiger partial charge in [0, 0.05) is 13.2 Å². The topological polar surface area (TPSA) is 112 Å². The minimum atomic E-state index is -0.935. The molecule has 0 heterocycles. The lowest BCUT2D eigenvalue weighted by atomic mass is 9.78. The van der Waals surface area contributed by atoms with Gasteiger partial charge in [-0.25, -0.2) is 9.59 Å². The van der Waals surface area contributed by atoms with Gasteiger partial charge in [-0.15, -0.1) is 0 Å². The Hall–Kier alpha value is -1.22. The van der Waals surface area contributed by atoms with Crippen LogP contribution in [0.15, 0.2) is 0 Å². The Bertz CT molecular complexity index is 673. The molecule has 0 rings (SSSR count). The van der Waals surface area contributed by atoms with Crippen LogP contribution in [0.4, 0.5) is 0 Å². The van der Waals surface area contributed by atoms with Gasteiger partial charge in [0.25, 0.3) is 0 Å². The smallest absolute Gasteiger partial charge is 0.329 e. The van der Waals surface area contributed by atoms with E-state index in [9.17, 15) is 9.59 Å². The molecule has 0 saturated heterocycles. The minimum Gasteiger partial charge on any atom is -0.480 e. The molecule has 52 heavy (non-hydrogen) atoms. The highest BCUT2D eigenvalue weighted by atomic mass is 16.5. The highest BCUT2D eigenvalue weighted by Gasteiger charge is 2.20. The molecule has 0 aromatic rings. The number of hydrogen-bond acceptors (Lipinski definition) is 6. The number of ether oxygens (including phenoxy) is 4. The van der Waals surface area contributed by atoms with E-state index in [1.165, 1.54) is 180 Å². The van der Waals surface area contributed by atoms with E-state index in [1.54, 1.807) is 0 Å². The lowest BCUT2D eigenvalue weighted by Gasteiger charge is -2.28. The van der Waals surface area contributed by atoms with Crippen molar-refractivity contribution in [2.75, 3.05) is 52.9 Å². The summed E-state index contributed by atoms with van der Waals surface area (Å²) in [6.45, 7) is 7.21. The number of carboxylic acid groups (broad SMARTS) is 2. The first kappa shape index (κ1) is 50.8. The van der Waals surface area contributed by atoms with E-state index >= 15 is 0 Å². The second kappa shape index (κ2) is 42.5. The third kappa shape index (κ3) is 40.0. The molecule has 310 valence electrons. The Kier molecular flexibility index (Phi) is 41.5. The van der Waals surface area contributed by atoms with Gasteiger partial charge >= 0.3 is 11.9 Å². The molecule has 0 amide bonds. The summed E-state index contributed by atoms with van der Waals surface area (Å²) < 4.78 is 21.2. The zero-order valence-corrected chi connectivity index (χ0v) is 34.4. The van der Waals surface area contributed by atoms with Crippen molar-refractivity contribution < 1.29 is 38.7 Å². The van der Waals surface area contributed by atoms with E-state index in [2.05, 4.69) is 13.8 Å². The van der Waals surface area contributed by atoms with Gasteiger partial charge in [-0.2, -0.15) is 0 Å². The van der Waals surface area contributed by atoms with Crippen LogP contribution in [-0.2, 0) is 28.5 Å². The third-order valence-corrected chi connectivity index (χ3v) is 10.4. The molecule has 0 radical (unpaired) electrons. The van der Waals surface area contributed by atoms with E-state index < -0.39 is 11.9 Å². The molecule has 8 nitrogen and oxygen atoms in total. The number of carboxylic acids is 2. The Morgan fingerprint density at radius 3 is 0.885 bits per heavy atom. The molecule has 8 heteroatoms. The van der Waals surface area contributed by atoms with Crippen LogP contribution in [0.1, 0.15) is 206 Å². The van der Waals surface area contributed by atoms with Crippen molar-refractivity contribution in [1.82, 2.24) is 0 Å². The molecule has 0 aromatic carbocycles. The monoisotopic (exact) mass is 743 g/mol. The van der Waals surface area contributed by atoms with E-state index in [0.717, 1.165) is 37.9 Å². The summed E-state index contributed by atoms with van der Waals surface area (Å²) in [5, 5.41) is 17.2. The molecule has 0 fully saturated rings. The van der Waals surface area contributed by atoms with E-state index in [0.29, 0.717) is 26.4 Å². The normalized spacial score (nSPS) is 12.7. The van der Waals surface area contributed by atoms with Crippen molar-refractivity contribution in [1.29, 1.82) is 0 Å². The molecule has 0 aliphatic carbocycles. The maximum atomic E-state index is 10.5. The average Bonchev–Trinajstić information content (AvgIpc) is 3.12. The van der Waals surface area contributed by atoms with Crippen LogP contribution in [0.25, 0.3) is 0 Å². The molecular formula is C44H86O8. The maximum Gasteiger partial charge on any atom is 0.329 e. The van der Waals surface area contributed by atoms with Crippen molar-refractivity contribution in [3.8, 4) is 0 Å². The van der Waals surface area contributed by atoms with Gasteiger partial charge in [-0.3, -0.25) is 0 Å². The first-order chi connectivity index (χ1) is 25.5. The number of carbonyl (C=O) groups is 2. The van der Waals surface area contributed by atoms with Crippen molar-refractivity contribution in [3.05, 3.63) is 0 Å². The molecular weight excluding hydrogens is 656 g/mol. The lowest BCUT2D eigenvalue weighted by molar-refractivity contribution is -0.143. The quantitative estimate of drug-likeness (QED) is 0.0593. The second-order valence-electron chi connectivity index (χ2n) is 15.3. The summed E-state index contributed by atoms with van der Waals surface area (Å²) in [6, 6.07) is 0. The Morgan fingerprint density at radius 1 is 0.346 bits per heavy atom. The van der Waals surface area contributed by atoms with Gasteiger partial charge in [-0.05, 0) is 24.7 Å². The first-order valence-electron chi connectivity index (χ1n) is 22.3. The Labute approximate surface area is 321 Å². The highest BCUT2D eigenvalue weighted by molar-refractivity contribution is 5.68. The largest absolute Gasteiger partial charge is 0.480 e. The Balaban J connectivity index is 4.65. The minimum absolute atomic E-state index is 0.251. The number of aliphatic carboxylic acids is 2. The molecule has 0 saturated carbocycles. The molecule has 2 unspecified atom stereocenters. The first-order valence-corrected chi connectivity index (χ1v) is 22.3. The zero-order valence-electron chi connectivity index (χ0n) is 34.4. The van der Waals surface area contributed by atoms with Crippen molar-refractivity contribution in [3.63, 3.8) is 0 Å². The van der Waals surface area contributed by atoms with Crippen LogP contribution in [0, 0.1) is 11.8 Å². The summed E-state index contributed by atoms with van der Waals surface area (Å²) in [6.07, 6.45) is 40.4. The maximum absolute atomic E-state index is 10.5. The highest BCUT2D eigenvalue weighted by Crippen LogP contribution is 2.34. The van der Waals surface area contributed by atoms with E-state index in [4.69, 9.17) is 29.2 Å². The molecule has 0 aliphatic rings. The van der Waals surface area contributed by atoms with Crippen molar-refractivity contribution >= 4 is 11.9 Å². The molecule has 0 aromatic heterocycles. The number of unbranched alkanes of at least 4 members (excludes halogenated alkanes) is 22. The predicted octanol–water partition coefficient (Wildman–Crippen LogP) is 12.2. The second-order valence-corrected chi connectivity index (χ2v) is 15.3. The van der Waals surface area contributed by atoms with E-state index in [-0.39, 0.29) is 13.2 Å². The summed E-state index contributed by atoms with van der Waals surface area (Å²) in [4.78, 5) is 21.0. The third-order valence-electron chi connectivity index (χ3n) is 10.4. The molecule has 0 aliphatic heterocycles. The summed E-state index contributed by atoms with van der Waals surface area (Å²) >= 11 is 0. The number of hydrogen-bond donors (Lipinski definition) is 2. The average molecular weight is 743 g/mol. The Morgan fingerprint density at radius 2 is 0.596 bits per heavy atom.